The number of β-amino-alcohol motifs (C(OH)–C–C–N with tert-alkyl or cyclic N) is 2. The molecule has 1 aromatic rings. The Labute approximate surface area is 89.4 Å². The van der Waals surface area contributed by atoms with Crippen molar-refractivity contribution in [3.63, 3.8) is 0 Å². The molecule has 14 heavy (non-hydrogen) atoms. The zero-order valence-corrected chi connectivity index (χ0v) is 9.01. The van der Waals surface area contributed by atoms with Gasteiger partial charge in [0.25, 0.3) is 0 Å². The van der Waals surface area contributed by atoms with Gasteiger partial charge in [0.1, 0.15) is 4.60 Å². The minimum atomic E-state index is -0.652. The Balaban J connectivity index is 1.93. The first-order valence-electron chi connectivity index (χ1n) is 4.35. The Kier molecular flexibility index (Phi) is 2.87. The van der Waals surface area contributed by atoms with Gasteiger partial charge in [-0.1, -0.05) is 5.16 Å². The molecule has 6 heteroatoms. The molecule has 1 fully saturated rings. The van der Waals surface area contributed by atoms with E-state index >= 15 is 0 Å². The molecule has 0 aliphatic carbocycles. The molecule has 5 nitrogen and oxygen atoms in total. The van der Waals surface area contributed by atoms with Gasteiger partial charge in [-0.3, -0.25) is 4.90 Å². The fourth-order valence-corrected chi connectivity index (χ4v) is 1.89. The van der Waals surface area contributed by atoms with Crippen LogP contribution in [0.2, 0.25) is 0 Å². The van der Waals surface area contributed by atoms with Crippen LogP contribution in [-0.2, 0) is 6.54 Å². The first kappa shape index (κ1) is 10.1. The van der Waals surface area contributed by atoms with Crippen molar-refractivity contribution in [3.8, 4) is 0 Å². The summed E-state index contributed by atoms with van der Waals surface area (Å²) in [5.41, 5.74) is 0. The van der Waals surface area contributed by atoms with Crippen molar-refractivity contribution < 1.29 is 14.7 Å². The lowest BCUT2D eigenvalue weighted by Gasteiger charge is -2.11. The van der Waals surface area contributed by atoms with Gasteiger partial charge in [-0.15, -0.1) is 0 Å². The Morgan fingerprint density at radius 1 is 1.50 bits per heavy atom. The van der Waals surface area contributed by atoms with Crippen molar-refractivity contribution in [2.75, 3.05) is 13.1 Å². The smallest absolute Gasteiger partial charge is 0.151 e. The van der Waals surface area contributed by atoms with Crippen LogP contribution >= 0.6 is 15.9 Å². The standard InChI is InChI=1S/C8H11BrN2O3/c9-8-1-5(14-10-8)2-11-3-6(12)7(13)4-11/h1,6-7,12-13H,2-4H2. The highest BCUT2D eigenvalue weighted by Crippen LogP contribution is 2.16. The number of hydrogen-bond acceptors (Lipinski definition) is 5. The van der Waals surface area contributed by atoms with Crippen molar-refractivity contribution in [1.82, 2.24) is 10.1 Å². The zero-order valence-electron chi connectivity index (χ0n) is 7.43. The third-order valence-electron chi connectivity index (χ3n) is 2.24. The predicted octanol–water partition coefficient (Wildman–Crippen LogP) is -0.0255. The van der Waals surface area contributed by atoms with Crippen molar-refractivity contribution in [1.29, 1.82) is 0 Å². The first-order valence-corrected chi connectivity index (χ1v) is 5.14. The van der Waals surface area contributed by atoms with E-state index in [1.165, 1.54) is 0 Å². The number of hydrogen-bond donors (Lipinski definition) is 2. The summed E-state index contributed by atoms with van der Waals surface area (Å²) < 4.78 is 5.65. The third kappa shape index (κ3) is 2.14. The Hall–Kier alpha value is -0.430. The Bertz CT molecular complexity index is 307. The largest absolute Gasteiger partial charge is 0.389 e. The molecule has 78 valence electrons. The summed E-state index contributed by atoms with van der Waals surface area (Å²) in [4.78, 5) is 1.92. The minimum Gasteiger partial charge on any atom is -0.389 e. The molecule has 0 radical (unpaired) electrons. The van der Waals surface area contributed by atoms with Crippen LogP contribution in [0.5, 0.6) is 0 Å². The van der Waals surface area contributed by atoms with Gasteiger partial charge in [-0.2, -0.15) is 0 Å². The summed E-state index contributed by atoms with van der Waals surface area (Å²) >= 11 is 3.18. The van der Waals surface area contributed by atoms with Gasteiger partial charge < -0.3 is 14.7 Å². The summed E-state index contributed by atoms with van der Waals surface area (Å²) in [5, 5.41) is 22.3. The molecule has 2 N–H and O–H groups in total. The average molecular weight is 263 g/mol. The molecular formula is C8H11BrN2O3. The van der Waals surface area contributed by atoms with E-state index < -0.39 is 12.2 Å². The monoisotopic (exact) mass is 262 g/mol. The molecule has 0 saturated carbocycles. The van der Waals surface area contributed by atoms with Crippen molar-refractivity contribution in [3.05, 3.63) is 16.4 Å². The van der Waals surface area contributed by atoms with Crippen molar-refractivity contribution in [2.45, 2.75) is 18.8 Å². The second kappa shape index (κ2) is 3.98. The lowest BCUT2D eigenvalue weighted by molar-refractivity contribution is 0.0572. The van der Waals surface area contributed by atoms with E-state index in [4.69, 9.17) is 4.52 Å². The van der Waals surface area contributed by atoms with E-state index in [2.05, 4.69) is 21.1 Å². The summed E-state index contributed by atoms with van der Waals surface area (Å²) in [6.45, 7) is 1.51. The van der Waals surface area contributed by atoms with Crippen LogP contribution in [0, 0.1) is 0 Å². The molecule has 0 aromatic carbocycles. The molecule has 1 aromatic heterocycles. The second-order valence-corrected chi connectivity index (χ2v) is 4.26. The summed E-state index contributed by atoms with van der Waals surface area (Å²) in [6, 6.07) is 1.77. The number of aromatic nitrogens is 1. The summed E-state index contributed by atoms with van der Waals surface area (Å²) in [6.07, 6.45) is -1.30. The maximum Gasteiger partial charge on any atom is 0.151 e. The highest BCUT2D eigenvalue weighted by Gasteiger charge is 2.29. The van der Waals surface area contributed by atoms with Gasteiger partial charge in [0.2, 0.25) is 0 Å². The number of likely N-dealkylation sites (tertiary alicyclic amines) is 1. The van der Waals surface area contributed by atoms with Crippen molar-refractivity contribution >= 4 is 15.9 Å². The molecule has 2 unspecified atom stereocenters. The molecule has 1 saturated heterocycles. The molecule has 0 bridgehead atoms. The quantitative estimate of drug-likeness (QED) is 0.784. The van der Waals surface area contributed by atoms with E-state index in [-0.39, 0.29) is 0 Å². The Morgan fingerprint density at radius 3 is 2.64 bits per heavy atom. The van der Waals surface area contributed by atoms with Gasteiger partial charge in [0.05, 0.1) is 18.8 Å². The van der Waals surface area contributed by atoms with Gasteiger partial charge in [-0.05, 0) is 15.9 Å². The topological polar surface area (TPSA) is 69.7 Å². The van der Waals surface area contributed by atoms with Crippen LogP contribution in [0.15, 0.2) is 15.2 Å². The summed E-state index contributed by atoms with van der Waals surface area (Å²) in [7, 11) is 0. The number of halogens is 1. The van der Waals surface area contributed by atoms with E-state index in [0.717, 1.165) is 5.76 Å². The number of aliphatic hydroxyl groups excluding tert-OH is 2. The molecule has 0 spiro atoms. The average Bonchev–Trinajstić information content (AvgIpc) is 2.62. The van der Waals surface area contributed by atoms with Crippen LogP contribution in [0.4, 0.5) is 0 Å². The Morgan fingerprint density at radius 2 is 2.14 bits per heavy atom. The lowest BCUT2D eigenvalue weighted by Crippen LogP contribution is -2.22. The van der Waals surface area contributed by atoms with Crippen LogP contribution in [0.25, 0.3) is 0 Å². The van der Waals surface area contributed by atoms with Crippen LogP contribution in [-0.4, -0.2) is 45.6 Å². The third-order valence-corrected chi connectivity index (χ3v) is 2.62. The highest BCUT2D eigenvalue weighted by molar-refractivity contribution is 9.10. The van der Waals surface area contributed by atoms with Crippen LogP contribution in [0.1, 0.15) is 5.76 Å². The molecular weight excluding hydrogens is 252 g/mol. The fourth-order valence-electron chi connectivity index (χ4n) is 1.56. The van der Waals surface area contributed by atoms with Gasteiger partial charge in [-0.25, -0.2) is 0 Å². The van der Waals surface area contributed by atoms with Crippen molar-refractivity contribution in [2.24, 2.45) is 0 Å². The molecule has 0 amide bonds. The lowest BCUT2D eigenvalue weighted by atomic mass is 10.3. The van der Waals surface area contributed by atoms with E-state index in [1.54, 1.807) is 6.07 Å². The minimum absolute atomic E-state index is 0.472. The number of rotatable bonds is 2. The predicted molar refractivity (Wildman–Crippen MR) is 51.5 cm³/mol. The van der Waals surface area contributed by atoms with Gasteiger partial charge >= 0.3 is 0 Å². The zero-order chi connectivity index (χ0) is 10.1. The SMILES string of the molecule is OC1CN(Cc2cc(Br)no2)CC1O. The number of nitrogens with zero attached hydrogens (tertiary/aromatic N) is 2. The van der Waals surface area contributed by atoms with E-state index in [0.29, 0.717) is 24.2 Å². The molecule has 2 heterocycles. The fraction of sp³-hybridized carbons (Fsp3) is 0.625. The highest BCUT2D eigenvalue weighted by atomic mass is 79.9. The van der Waals surface area contributed by atoms with E-state index in [1.807, 2.05) is 4.90 Å². The van der Waals surface area contributed by atoms with Gasteiger partial charge in [0.15, 0.2) is 5.76 Å². The van der Waals surface area contributed by atoms with Crippen LogP contribution < -0.4 is 0 Å². The molecule has 1 aliphatic rings. The normalized spacial score (nSPS) is 28.5. The molecule has 1 aliphatic heterocycles. The summed E-state index contributed by atoms with van der Waals surface area (Å²) in [5.74, 6) is 0.721. The first-order chi connectivity index (χ1) is 6.65. The second-order valence-electron chi connectivity index (χ2n) is 3.44. The van der Waals surface area contributed by atoms with Crippen LogP contribution in [0.3, 0.4) is 0 Å². The maximum atomic E-state index is 9.30. The van der Waals surface area contributed by atoms with Gasteiger partial charge in [0, 0.05) is 19.2 Å². The molecule has 2 rings (SSSR count). The molecule has 2 atom stereocenters. The number of aliphatic hydroxyl groups is 2. The van der Waals surface area contributed by atoms with E-state index in [9.17, 15) is 10.2 Å². The maximum absolute atomic E-state index is 9.30.